The molecule has 0 saturated carbocycles. The molecule has 0 heterocycles. The van der Waals surface area contributed by atoms with E-state index in [2.05, 4.69) is 26.6 Å². The first kappa shape index (κ1) is 17.0. The van der Waals surface area contributed by atoms with Crippen molar-refractivity contribution in [2.75, 3.05) is 11.9 Å². The maximum absolute atomic E-state index is 11.7. The normalized spacial score (nSPS) is 11.8. The van der Waals surface area contributed by atoms with E-state index in [1.54, 1.807) is 0 Å². The van der Waals surface area contributed by atoms with Gasteiger partial charge in [0.05, 0.1) is 15.7 Å². The van der Waals surface area contributed by atoms with Gasteiger partial charge in [-0.2, -0.15) is 0 Å². The van der Waals surface area contributed by atoms with Crippen LogP contribution in [0.3, 0.4) is 0 Å². The number of aliphatic hydroxyl groups excluding tert-OH is 1. The Hall–Kier alpha value is -1.02. The van der Waals surface area contributed by atoms with Gasteiger partial charge >= 0.3 is 12.0 Å². The van der Waals surface area contributed by atoms with E-state index in [9.17, 15) is 9.59 Å². The molecule has 1 aromatic rings. The molecule has 20 heavy (non-hydrogen) atoms. The first-order valence-electron chi connectivity index (χ1n) is 5.41. The summed E-state index contributed by atoms with van der Waals surface area (Å²) in [5.74, 6) is -1.25. The van der Waals surface area contributed by atoms with Gasteiger partial charge in [0, 0.05) is 17.5 Å². The number of hydrogen-bond donors (Lipinski definition) is 4. The molecule has 1 atom stereocenters. The molecule has 9 heteroatoms. The number of carbonyl (C=O) groups is 2. The Bertz CT molecular complexity index is 504. The van der Waals surface area contributed by atoms with Crippen LogP contribution in [0.25, 0.3) is 0 Å². The molecule has 2 amide bonds. The Morgan fingerprint density at radius 2 is 1.85 bits per heavy atom. The summed E-state index contributed by atoms with van der Waals surface area (Å²) in [4.78, 5) is 22.5. The molecule has 0 radical (unpaired) electrons. The van der Waals surface area contributed by atoms with E-state index in [4.69, 9.17) is 33.4 Å². The number of rotatable bonds is 5. The van der Waals surface area contributed by atoms with Gasteiger partial charge in [0.2, 0.25) is 0 Å². The van der Waals surface area contributed by atoms with Gasteiger partial charge in [-0.15, -0.1) is 0 Å². The van der Waals surface area contributed by atoms with E-state index in [0.717, 1.165) is 0 Å². The molecule has 1 aromatic carbocycles. The molecule has 0 aliphatic rings. The highest BCUT2D eigenvalue weighted by Gasteiger charge is 2.20. The third kappa shape index (κ3) is 4.82. The predicted molar refractivity (Wildman–Crippen MR) is 79.4 cm³/mol. The van der Waals surface area contributed by atoms with Gasteiger partial charge in [-0.3, -0.25) is 0 Å². The highest BCUT2D eigenvalue weighted by Crippen LogP contribution is 2.33. The van der Waals surface area contributed by atoms with Gasteiger partial charge in [-0.1, -0.05) is 39.1 Å². The lowest BCUT2D eigenvalue weighted by Gasteiger charge is -2.15. The van der Waals surface area contributed by atoms with Crippen LogP contribution in [0.1, 0.15) is 6.42 Å². The molecule has 0 saturated heterocycles. The van der Waals surface area contributed by atoms with E-state index in [1.807, 2.05) is 0 Å². The fraction of sp³-hybridized carbons (Fsp3) is 0.273. The van der Waals surface area contributed by atoms with Crippen LogP contribution in [0.15, 0.2) is 16.6 Å². The number of halogens is 3. The minimum Gasteiger partial charge on any atom is -0.480 e. The van der Waals surface area contributed by atoms with E-state index in [1.165, 1.54) is 12.1 Å². The Labute approximate surface area is 133 Å². The van der Waals surface area contributed by atoms with Crippen LogP contribution in [0.2, 0.25) is 10.0 Å². The average Bonchev–Trinajstić information content (AvgIpc) is 2.33. The van der Waals surface area contributed by atoms with Gasteiger partial charge in [-0.25, -0.2) is 9.59 Å². The number of anilines is 1. The van der Waals surface area contributed by atoms with Gasteiger partial charge in [-0.05, 0) is 12.1 Å². The van der Waals surface area contributed by atoms with Crippen molar-refractivity contribution >= 4 is 56.8 Å². The van der Waals surface area contributed by atoms with Crippen molar-refractivity contribution < 1.29 is 19.8 Å². The van der Waals surface area contributed by atoms with Crippen molar-refractivity contribution in [3.8, 4) is 0 Å². The highest BCUT2D eigenvalue weighted by molar-refractivity contribution is 9.10. The number of hydrogen-bond acceptors (Lipinski definition) is 3. The first-order valence-corrected chi connectivity index (χ1v) is 6.95. The summed E-state index contributed by atoms with van der Waals surface area (Å²) < 4.78 is 0.641. The van der Waals surface area contributed by atoms with Crippen molar-refractivity contribution in [2.45, 2.75) is 12.5 Å². The number of carboxylic acid groups (broad SMARTS) is 1. The topological polar surface area (TPSA) is 98.7 Å². The van der Waals surface area contributed by atoms with Crippen molar-refractivity contribution in [1.29, 1.82) is 0 Å². The summed E-state index contributed by atoms with van der Waals surface area (Å²) in [6.07, 6.45) is -0.107. The van der Waals surface area contributed by atoms with Crippen LogP contribution in [-0.4, -0.2) is 34.9 Å². The quantitative estimate of drug-likeness (QED) is 0.626. The Morgan fingerprint density at radius 1 is 1.30 bits per heavy atom. The van der Waals surface area contributed by atoms with Gasteiger partial charge < -0.3 is 20.8 Å². The fourth-order valence-electron chi connectivity index (χ4n) is 1.36. The first-order chi connectivity index (χ1) is 9.35. The second-order valence-electron chi connectivity index (χ2n) is 3.75. The van der Waals surface area contributed by atoms with Crippen molar-refractivity contribution in [3.63, 3.8) is 0 Å². The molecule has 4 N–H and O–H groups in total. The zero-order valence-electron chi connectivity index (χ0n) is 9.99. The lowest BCUT2D eigenvalue weighted by Crippen LogP contribution is -2.43. The summed E-state index contributed by atoms with van der Waals surface area (Å²) in [6, 6.07) is 1.08. The lowest BCUT2D eigenvalue weighted by atomic mass is 10.2. The van der Waals surface area contributed by atoms with E-state index >= 15 is 0 Å². The van der Waals surface area contributed by atoms with Crippen LogP contribution in [-0.2, 0) is 4.79 Å². The molecule has 1 rings (SSSR count). The number of carboxylic acids is 1. The van der Waals surface area contributed by atoms with Crippen LogP contribution in [0.4, 0.5) is 10.5 Å². The molecule has 0 aliphatic carbocycles. The standard InChI is InChI=1S/C11H11BrCl2N2O4/c12-5-3-6(13)9(7(14)4-5)16-11(20)15-8(1-2-17)10(18)19/h3-4,8,17H,1-2H2,(H,18,19)(H2,15,16,20). The molecule has 1 unspecified atom stereocenters. The van der Waals surface area contributed by atoms with E-state index < -0.39 is 18.0 Å². The SMILES string of the molecule is O=C(Nc1c(Cl)cc(Br)cc1Cl)NC(CCO)C(=O)O. The maximum Gasteiger partial charge on any atom is 0.326 e. The molecule has 6 nitrogen and oxygen atoms in total. The maximum atomic E-state index is 11.7. The molecule has 0 bridgehead atoms. The van der Waals surface area contributed by atoms with Crippen LogP contribution in [0.5, 0.6) is 0 Å². The molecular formula is C11H11BrCl2N2O4. The molecule has 110 valence electrons. The monoisotopic (exact) mass is 384 g/mol. The number of aliphatic carboxylic acids is 1. The average molecular weight is 386 g/mol. The minimum atomic E-state index is -1.25. The van der Waals surface area contributed by atoms with Crippen LogP contribution >= 0.6 is 39.1 Å². The molecule has 0 aromatic heterocycles. The van der Waals surface area contributed by atoms with E-state index in [-0.39, 0.29) is 28.8 Å². The molecule has 0 aliphatic heterocycles. The number of aliphatic hydroxyl groups is 1. The predicted octanol–water partition coefficient (Wildman–Crippen LogP) is 2.71. The highest BCUT2D eigenvalue weighted by atomic mass is 79.9. The number of nitrogens with one attached hydrogen (secondary N) is 2. The Balaban J connectivity index is 2.78. The summed E-state index contributed by atoms with van der Waals surface area (Å²) in [5, 5.41) is 22.5. The Kier molecular flexibility index (Phi) is 6.54. The smallest absolute Gasteiger partial charge is 0.326 e. The second-order valence-corrected chi connectivity index (χ2v) is 5.48. The minimum absolute atomic E-state index is 0.107. The second kappa shape index (κ2) is 7.68. The van der Waals surface area contributed by atoms with Gasteiger partial charge in [0.15, 0.2) is 0 Å². The summed E-state index contributed by atoms with van der Waals surface area (Å²) in [6.45, 7) is -0.364. The molecule has 0 fully saturated rings. The zero-order chi connectivity index (χ0) is 15.3. The summed E-state index contributed by atoms with van der Waals surface area (Å²) in [5.41, 5.74) is 0.169. The molecule has 0 spiro atoms. The van der Waals surface area contributed by atoms with Crippen LogP contribution < -0.4 is 10.6 Å². The largest absolute Gasteiger partial charge is 0.480 e. The lowest BCUT2D eigenvalue weighted by molar-refractivity contribution is -0.139. The van der Waals surface area contributed by atoms with Crippen molar-refractivity contribution in [2.24, 2.45) is 0 Å². The number of urea groups is 1. The number of benzene rings is 1. The van der Waals surface area contributed by atoms with Gasteiger partial charge in [0.25, 0.3) is 0 Å². The van der Waals surface area contributed by atoms with Crippen LogP contribution in [0, 0.1) is 0 Å². The zero-order valence-corrected chi connectivity index (χ0v) is 13.1. The fourth-order valence-corrected chi connectivity index (χ4v) is 2.66. The van der Waals surface area contributed by atoms with Crippen molar-refractivity contribution in [1.82, 2.24) is 5.32 Å². The number of amides is 2. The molecular weight excluding hydrogens is 375 g/mol. The van der Waals surface area contributed by atoms with Gasteiger partial charge in [0.1, 0.15) is 6.04 Å². The Morgan fingerprint density at radius 3 is 2.30 bits per heavy atom. The number of carbonyl (C=O) groups excluding carboxylic acids is 1. The third-order valence-corrected chi connectivity index (χ3v) is 3.32. The summed E-state index contributed by atoms with van der Waals surface area (Å²) >= 11 is 15.0. The third-order valence-electron chi connectivity index (χ3n) is 2.27. The van der Waals surface area contributed by atoms with Crippen molar-refractivity contribution in [3.05, 3.63) is 26.7 Å². The summed E-state index contributed by atoms with van der Waals surface area (Å²) in [7, 11) is 0. The van der Waals surface area contributed by atoms with E-state index in [0.29, 0.717) is 4.47 Å².